The van der Waals surface area contributed by atoms with Gasteiger partial charge in [-0.1, -0.05) is 46.0 Å². The lowest BCUT2D eigenvalue weighted by molar-refractivity contribution is 0.133. The van der Waals surface area contributed by atoms with Crippen molar-refractivity contribution in [2.24, 2.45) is 0 Å². The summed E-state index contributed by atoms with van der Waals surface area (Å²) < 4.78 is 27.4. The molecule has 92 valence electrons. The fraction of sp³-hybridized carbons (Fsp3) is 1.00. The van der Waals surface area contributed by atoms with Gasteiger partial charge in [-0.15, -0.1) is 4.20 Å². The molecule has 3 nitrogen and oxygen atoms in total. The first-order valence-corrected chi connectivity index (χ1v) is 7.17. The highest BCUT2D eigenvalue weighted by molar-refractivity contribution is 7.46. The molecule has 0 amide bonds. The molecule has 0 aromatic heterocycles. The van der Waals surface area contributed by atoms with Crippen molar-refractivity contribution in [2.75, 3.05) is 0 Å². The quantitative estimate of drug-likeness (QED) is 0.485. The van der Waals surface area contributed by atoms with Gasteiger partial charge in [0.25, 0.3) is 0 Å². The van der Waals surface area contributed by atoms with Crippen LogP contribution in [-0.4, -0.2) is 11.0 Å². The number of halogens is 1. The second kappa shape index (κ2) is 8.26. The summed E-state index contributed by atoms with van der Waals surface area (Å²) in [5.41, 5.74) is 0. The van der Waals surface area contributed by atoms with E-state index in [-0.39, 0.29) is 0 Å². The van der Waals surface area contributed by atoms with E-state index < -0.39 is 14.0 Å². The molecule has 1 N–H and O–H groups in total. The van der Waals surface area contributed by atoms with Gasteiger partial charge in [-0.25, -0.2) is 4.57 Å². The summed E-state index contributed by atoms with van der Waals surface area (Å²) in [6.07, 6.45) is 6.02. The highest BCUT2D eigenvalue weighted by Crippen LogP contribution is 2.46. The third-order valence-electron chi connectivity index (χ3n) is 2.27. The van der Waals surface area contributed by atoms with Gasteiger partial charge in [0.2, 0.25) is 0 Å². The molecule has 0 aromatic rings. The van der Waals surface area contributed by atoms with E-state index in [0.29, 0.717) is 12.8 Å². The van der Waals surface area contributed by atoms with E-state index in [2.05, 4.69) is 11.4 Å². The van der Waals surface area contributed by atoms with Crippen LogP contribution < -0.4 is 0 Å². The van der Waals surface area contributed by atoms with Crippen LogP contribution in [0, 0.1) is 0 Å². The second-order valence-electron chi connectivity index (χ2n) is 3.82. The van der Waals surface area contributed by atoms with Gasteiger partial charge < -0.3 is 0 Å². The highest BCUT2D eigenvalue weighted by atomic mass is 31.2. The standard InChI is InChI=1S/C10H22FO3P/c1-3-5-6-7-9-10(8-4-2)14-15(11,12)13/h10H,3-9H2,1-2H3,(H,12,13). The van der Waals surface area contributed by atoms with E-state index in [1.165, 1.54) is 0 Å². The van der Waals surface area contributed by atoms with E-state index in [1.54, 1.807) is 0 Å². The molecule has 0 aliphatic rings. The maximum absolute atomic E-state index is 12.4. The summed E-state index contributed by atoms with van der Waals surface area (Å²) in [6, 6.07) is 0. The van der Waals surface area contributed by atoms with Crippen molar-refractivity contribution < 1.29 is 18.2 Å². The third-order valence-corrected chi connectivity index (χ3v) is 2.83. The van der Waals surface area contributed by atoms with Gasteiger partial charge in [0.1, 0.15) is 0 Å². The maximum Gasteiger partial charge on any atom is 0.510 e. The van der Waals surface area contributed by atoms with Gasteiger partial charge in [0.15, 0.2) is 0 Å². The van der Waals surface area contributed by atoms with Crippen LogP contribution in [0.2, 0.25) is 0 Å². The number of rotatable bonds is 9. The number of unbranched alkanes of at least 4 members (excludes halogenated alkanes) is 3. The first kappa shape index (κ1) is 15.1. The van der Waals surface area contributed by atoms with Gasteiger partial charge >= 0.3 is 7.91 Å². The molecule has 0 saturated heterocycles. The molecule has 0 bridgehead atoms. The molecule has 0 aliphatic carbocycles. The van der Waals surface area contributed by atoms with E-state index in [9.17, 15) is 8.76 Å². The molecule has 0 spiro atoms. The molecule has 5 heteroatoms. The third kappa shape index (κ3) is 10.4. The summed E-state index contributed by atoms with van der Waals surface area (Å²) in [6.45, 7) is 4.06. The van der Waals surface area contributed by atoms with Gasteiger partial charge in [-0.05, 0) is 12.8 Å². The lowest BCUT2D eigenvalue weighted by Gasteiger charge is -2.16. The first-order valence-electron chi connectivity index (χ1n) is 5.70. The minimum atomic E-state index is -4.81. The Morgan fingerprint density at radius 2 is 1.87 bits per heavy atom. The number of hydrogen-bond acceptors (Lipinski definition) is 2. The van der Waals surface area contributed by atoms with Crippen LogP contribution in [0.15, 0.2) is 0 Å². The summed E-state index contributed by atoms with van der Waals surface area (Å²) in [5.74, 6) is 0. The Labute approximate surface area is 91.7 Å². The Morgan fingerprint density at radius 3 is 2.33 bits per heavy atom. The summed E-state index contributed by atoms with van der Waals surface area (Å²) in [4.78, 5) is 8.48. The van der Waals surface area contributed by atoms with Gasteiger partial charge in [-0.3, -0.25) is 9.42 Å². The molecule has 0 rings (SSSR count). The predicted molar refractivity (Wildman–Crippen MR) is 59.5 cm³/mol. The van der Waals surface area contributed by atoms with Crippen LogP contribution >= 0.6 is 7.91 Å². The molecule has 15 heavy (non-hydrogen) atoms. The van der Waals surface area contributed by atoms with Crippen LogP contribution in [0.25, 0.3) is 0 Å². The lowest BCUT2D eigenvalue weighted by Crippen LogP contribution is -2.10. The molecule has 0 saturated carbocycles. The Kier molecular flexibility index (Phi) is 8.30. The summed E-state index contributed by atoms with van der Waals surface area (Å²) >= 11 is 0. The van der Waals surface area contributed by atoms with Crippen molar-refractivity contribution in [2.45, 2.75) is 64.9 Å². The molecule has 0 heterocycles. The van der Waals surface area contributed by atoms with Gasteiger partial charge in [0, 0.05) is 0 Å². The van der Waals surface area contributed by atoms with Gasteiger partial charge in [0.05, 0.1) is 6.10 Å². The minimum absolute atomic E-state index is 0.410. The SMILES string of the molecule is CCCCCCC(CCC)OP(=O)(O)F. The molecule has 0 fully saturated rings. The second-order valence-corrected chi connectivity index (χ2v) is 4.93. The molecule has 0 radical (unpaired) electrons. The molecular formula is C10H22FO3P. The van der Waals surface area contributed by atoms with E-state index in [1.807, 2.05) is 6.92 Å². The number of hydrogen-bond donors (Lipinski definition) is 1. The maximum atomic E-state index is 12.4. The molecule has 0 aliphatic heterocycles. The Morgan fingerprint density at radius 1 is 1.20 bits per heavy atom. The normalized spacial score (nSPS) is 17.3. The minimum Gasteiger partial charge on any atom is -0.299 e. The van der Waals surface area contributed by atoms with E-state index in [0.717, 1.165) is 32.1 Å². The van der Waals surface area contributed by atoms with Crippen molar-refractivity contribution in [3.63, 3.8) is 0 Å². The Balaban J connectivity index is 3.78. The van der Waals surface area contributed by atoms with Crippen LogP contribution in [0.1, 0.15) is 58.8 Å². The van der Waals surface area contributed by atoms with Crippen molar-refractivity contribution in [1.29, 1.82) is 0 Å². The molecule has 0 aromatic carbocycles. The average molecular weight is 240 g/mol. The Bertz CT molecular complexity index is 193. The fourth-order valence-electron chi connectivity index (χ4n) is 1.55. The lowest BCUT2D eigenvalue weighted by atomic mass is 10.1. The van der Waals surface area contributed by atoms with Crippen molar-refractivity contribution in [1.82, 2.24) is 0 Å². The molecule has 2 unspecified atom stereocenters. The van der Waals surface area contributed by atoms with Crippen molar-refractivity contribution in [3.05, 3.63) is 0 Å². The summed E-state index contributed by atoms with van der Waals surface area (Å²) in [5, 5.41) is 0. The highest BCUT2D eigenvalue weighted by Gasteiger charge is 2.23. The zero-order valence-electron chi connectivity index (χ0n) is 9.62. The Hall–Kier alpha value is 0.0800. The van der Waals surface area contributed by atoms with E-state index >= 15 is 0 Å². The van der Waals surface area contributed by atoms with E-state index in [4.69, 9.17) is 4.89 Å². The average Bonchev–Trinajstić information content (AvgIpc) is 2.10. The largest absolute Gasteiger partial charge is 0.510 e. The summed E-state index contributed by atoms with van der Waals surface area (Å²) in [7, 11) is -4.81. The first-order chi connectivity index (χ1) is 6.99. The van der Waals surface area contributed by atoms with Crippen LogP contribution in [0.5, 0.6) is 0 Å². The predicted octanol–water partition coefficient (Wildman–Crippen LogP) is 4.21. The zero-order chi connectivity index (χ0) is 11.7. The van der Waals surface area contributed by atoms with Crippen LogP contribution in [-0.2, 0) is 9.09 Å². The van der Waals surface area contributed by atoms with Crippen molar-refractivity contribution in [3.8, 4) is 0 Å². The smallest absolute Gasteiger partial charge is 0.299 e. The van der Waals surface area contributed by atoms with Crippen LogP contribution in [0.4, 0.5) is 4.20 Å². The monoisotopic (exact) mass is 240 g/mol. The van der Waals surface area contributed by atoms with Crippen LogP contribution in [0.3, 0.4) is 0 Å². The fourth-order valence-corrected chi connectivity index (χ4v) is 2.13. The molecular weight excluding hydrogens is 218 g/mol. The van der Waals surface area contributed by atoms with Gasteiger partial charge in [-0.2, -0.15) is 0 Å². The zero-order valence-corrected chi connectivity index (χ0v) is 10.5. The molecule has 2 atom stereocenters. The topological polar surface area (TPSA) is 46.5 Å². The van der Waals surface area contributed by atoms with Crippen molar-refractivity contribution >= 4 is 7.91 Å².